The summed E-state index contributed by atoms with van der Waals surface area (Å²) in [5, 5.41) is 10.9. The first-order valence-electron chi connectivity index (χ1n) is 12.7. The third kappa shape index (κ3) is 8.31. The van der Waals surface area contributed by atoms with E-state index in [0.717, 1.165) is 33.5 Å². The van der Waals surface area contributed by atoms with Crippen molar-refractivity contribution in [1.29, 1.82) is 0 Å². The van der Waals surface area contributed by atoms with E-state index in [1.54, 1.807) is 24.3 Å². The Morgan fingerprint density at radius 2 is 1.63 bits per heavy atom. The summed E-state index contributed by atoms with van der Waals surface area (Å²) < 4.78 is 78.2. The van der Waals surface area contributed by atoms with Crippen LogP contribution in [-0.2, 0) is 27.4 Å². The Kier molecular flexibility index (Phi) is 10.4. The minimum atomic E-state index is -4.46. The van der Waals surface area contributed by atoms with Gasteiger partial charge >= 0.3 is 6.18 Å². The number of anilines is 1. The number of benzene rings is 3. The van der Waals surface area contributed by atoms with Gasteiger partial charge in [0.15, 0.2) is 11.5 Å². The number of carbonyl (C=O) groups excluding carboxylic acids is 1. The van der Waals surface area contributed by atoms with E-state index in [4.69, 9.17) is 9.47 Å². The summed E-state index contributed by atoms with van der Waals surface area (Å²) in [6.07, 6.45) is -4.31. The van der Waals surface area contributed by atoms with E-state index in [1.165, 1.54) is 42.8 Å². The molecule has 1 N–H and O–H groups in total. The van der Waals surface area contributed by atoms with Gasteiger partial charge in [-0.25, -0.2) is 8.42 Å². The number of sulfonamides is 1. The number of methoxy groups -OCH3 is 2. The van der Waals surface area contributed by atoms with Gasteiger partial charge in [0.1, 0.15) is 5.01 Å². The summed E-state index contributed by atoms with van der Waals surface area (Å²) in [7, 11) is -0.931. The highest BCUT2D eigenvalue weighted by Gasteiger charge is 2.30. The third-order valence-electron chi connectivity index (χ3n) is 6.27. The lowest BCUT2D eigenvalue weighted by Gasteiger charge is -2.22. The summed E-state index contributed by atoms with van der Waals surface area (Å²) in [6.45, 7) is -0.0415. The van der Waals surface area contributed by atoms with Crippen LogP contribution in [-0.4, -0.2) is 56.1 Å². The van der Waals surface area contributed by atoms with Crippen molar-refractivity contribution in [3.63, 3.8) is 0 Å². The minimum absolute atomic E-state index is 0.0775. The fraction of sp³-hybridized carbons (Fsp3) is 0.250. The zero-order valence-electron chi connectivity index (χ0n) is 22.9. The highest BCUT2D eigenvalue weighted by atomic mass is 79.9. The minimum Gasteiger partial charge on any atom is -0.493 e. The van der Waals surface area contributed by atoms with E-state index in [2.05, 4.69) is 31.4 Å². The number of nitrogens with zero attached hydrogens (tertiary/aromatic N) is 3. The van der Waals surface area contributed by atoms with Crippen molar-refractivity contribution in [2.75, 3.05) is 32.6 Å². The maximum absolute atomic E-state index is 13.5. The molecule has 0 atom stereocenters. The zero-order chi connectivity index (χ0) is 31.2. The van der Waals surface area contributed by atoms with Crippen LogP contribution >= 0.6 is 27.3 Å². The quantitative estimate of drug-likeness (QED) is 0.186. The van der Waals surface area contributed by atoms with Crippen LogP contribution in [0.15, 0.2) is 76.1 Å². The molecule has 0 radical (unpaired) electrons. The number of alkyl halides is 3. The van der Waals surface area contributed by atoms with Gasteiger partial charge < -0.3 is 14.8 Å². The van der Waals surface area contributed by atoms with Crippen molar-refractivity contribution in [3.8, 4) is 22.1 Å². The SMILES string of the molecule is COc1ccc(CCN(CCC(=O)Nc2nnc(-c3ccc(C(F)(F)F)cc3)s2)S(=O)(=O)c2ccc(Br)cc2)cc1OC. The van der Waals surface area contributed by atoms with E-state index in [0.29, 0.717) is 28.5 Å². The van der Waals surface area contributed by atoms with Gasteiger partial charge in [0, 0.05) is 29.5 Å². The maximum Gasteiger partial charge on any atom is 0.416 e. The largest absolute Gasteiger partial charge is 0.493 e. The normalized spacial score (nSPS) is 11.9. The van der Waals surface area contributed by atoms with Gasteiger partial charge in [0.2, 0.25) is 21.1 Å². The first kappa shape index (κ1) is 32.4. The van der Waals surface area contributed by atoms with Crippen molar-refractivity contribution in [2.45, 2.75) is 23.9 Å². The molecule has 0 aliphatic heterocycles. The van der Waals surface area contributed by atoms with E-state index < -0.39 is 27.7 Å². The lowest BCUT2D eigenvalue weighted by molar-refractivity contribution is -0.137. The molecule has 0 spiro atoms. The lowest BCUT2D eigenvalue weighted by atomic mass is 10.1. The smallest absolute Gasteiger partial charge is 0.416 e. The molecule has 4 aromatic rings. The van der Waals surface area contributed by atoms with Crippen LogP contribution in [0, 0.1) is 0 Å². The fourth-order valence-corrected chi connectivity index (χ4v) is 6.47. The second-order valence-electron chi connectivity index (χ2n) is 9.08. The molecule has 0 bridgehead atoms. The Morgan fingerprint density at radius 3 is 2.26 bits per heavy atom. The predicted octanol–water partition coefficient (Wildman–Crippen LogP) is 6.27. The van der Waals surface area contributed by atoms with Crippen LogP contribution in [0.1, 0.15) is 17.5 Å². The van der Waals surface area contributed by atoms with Crippen molar-refractivity contribution >= 4 is 48.3 Å². The average molecular weight is 700 g/mol. The van der Waals surface area contributed by atoms with Gasteiger partial charge in [-0.15, -0.1) is 10.2 Å². The molecule has 1 amide bonds. The van der Waals surface area contributed by atoms with Crippen molar-refractivity contribution in [1.82, 2.24) is 14.5 Å². The van der Waals surface area contributed by atoms with Crippen molar-refractivity contribution in [3.05, 3.63) is 82.3 Å². The second kappa shape index (κ2) is 13.8. The topological polar surface area (TPSA) is 111 Å². The fourth-order valence-electron chi connectivity index (χ4n) is 4.00. The van der Waals surface area contributed by atoms with Gasteiger partial charge in [-0.05, 0) is 60.5 Å². The third-order valence-corrected chi connectivity index (χ3v) is 9.60. The molecule has 0 saturated heterocycles. The summed E-state index contributed by atoms with van der Waals surface area (Å²) in [5.74, 6) is 0.548. The molecular weight excluding hydrogens is 673 g/mol. The highest BCUT2D eigenvalue weighted by molar-refractivity contribution is 9.10. The Bertz CT molecular complexity index is 1670. The first-order chi connectivity index (χ1) is 20.4. The van der Waals surface area contributed by atoms with Gasteiger partial charge in [0.25, 0.3) is 0 Å². The van der Waals surface area contributed by atoms with E-state index in [9.17, 15) is 26.4 Å². The molecule has 9 nitrogen and oxygen atoms in total. The number of rotatable bonds is 12. The van der Waals surface area contributed by atoms with Crippen LogP contribution < -0.4 is 14.8 Å². The van der Waals surface area contributed by atoms with Crippen LogP contribution in [0.3, 0.4) is 0 Å². The van der Waals surface area contributed by atoms with Gasteiger partial charge in [-0.2, -0.15) is 17.5 Å². The van der Waals surface area contributed by atoms with Crippen LogP contribution in [0.2, 0.25) is 0 Å². The predicted molar refractivity (Wildman–Crippen MR) is 160 cm³/mol. The number of ether oxygens (including phenoxy) is 2. The molecule has 15 heteroatoms. The summed E-state index contributed by atoms with van der Waals surface area (Å²) in [6, 6.07) is 15.9. The van der Waals surface area contributed by atoms with Crippen molar-refractivity contribution < 1.29 is 35.9 Å². The number of nitrogens with one attached hydrogen (secondary N) is 1. The Balaban J connectivity index is 1.45. The molecule has 4 rings (SSSR count). The molecule has 1 heterocycles. The van der Waals surface area contributed by atoms with E-state index in [1.807, 2.05) is 6.07 Å². The molecule has 0 aliphatic carbocycles. The Labute approximate surface area is 258 Å². The number of amides is 1. The van der Waals surface area contributed by atoms with Gasteiger partial charge in [-0.1, -0.05) is 45.5 Å². The molecule has 1 aromatic heterocycles. The molecule has 3 aromatic carbocycles. The number of hydrogen-bond acceptors (Lipinski definition) is 8. The maximum atomic E-state index is 13.5. The van der Waals surface area contributed by atoms with Gasteiger partial charge in [0.05, 0.1) is 24.7 Å². The summed E-state index contributed by atoms with van der Waals surface area (Å²) in [4.78, 5) is 12.9. The molecule has 43 heavy (non-hydrogen) atoms. The first-order valence-corrected chi connectivity index (χ1v) is 15.7. The monoisotopic (exact) mass is 698 g/mol. The zero-order valence-corrected chi connectivity index (χ0v) is 26.1. The summed E-state index contributed by atoms with van der Waals surface area (Å²) >= 11 is 4.29. The Hall–Kier alpha value is -3.53. The summed E-state index contributed by atoms with van der Waals surface area (Å²) in [5.41, 5.74) is 0.429. The van der Waals surface area contributed by atoms with Crippen molar-refractivity contribution in [2.24, 2.45) is 0 Å². The second-order valence-corrected chi connectivity index (χ2v) is 12.9. The van der Waals surface area contributed by atoms with E-state index in [-0.39, 0.29) is 29.5 Å². The number of halogens is 4. The number of carbonyl (C=O) groups is 1. The molecule has 228 valence electrons. The number of hydrogen-bond donors (Lipinski definition) is 1. The lowest BCUT2D eigenvalue weighted by Crippen LogP contribution is -2.35. The highest BCUT2D eigenvalue weighted by Crippen LogP contribution is 2.33. The van der Waals surface area contributed by atoms with Gasteiger partial charge in [-0.3, -0.25) is 4.79 Å². The van der Waals surface area contributed by atoms with Crippen LogP contribution in [0.4, 0.5) is 18.3 Å². The molecular formula is C28H26BrF3N4O5S2. The average Bonchev–Trinajstić information content (AvgIpc) is 3.45. The van der Waals surface area contributed by atoms with Crippen LogP contribution in [0.25, 0.3) is 10.6 Å². The molecule has 0 fully saturated rings. The standard InChI is InChI=1S/C28H26BrF3N4O5S2/c1-40-23-12-3-18(17-24(23)41-2)13-15-36(43(38,39)22-10-8-21(29)9-11-22)16-14-25(37)33-27-35-34-26(42-27)19-4-6-20(7-5-19)28(30,31)32/h3-12,17H,13-16H2,1-2H3,(H,33,35,37). The van der Waals surface area contributed by atoms with Crippen LogP contribution in [0.5, 0.6) is 11.5 Å². The van der Waals surface area contributed by atoms with E-state index >= 15 is 0 Å². The molecule has 0 saturated carbocycles. The Morgan fingerprint density at radius 1 is 0.953 bits per heavy atom. The molecule has 0 unspecified atom stereocenters. The molecule has 0 aliphatic rings. The number of aromatic nitrogens is 2.